The van der Waals surface area contributed by atoms with Gasteiger partial charge < -0.3 is 4.98 Å². The molecule has 3 nitrogen and oxygen atoms in total. The molecule has 0 amide bonds. The van der Waals surface area contributed by atoms with Crippen LogP contribution in [-0.2, 0) is 0 Å². The second-order valence-corrected chi connectivity index (χ2v) is 5.66. The van der Waals surface area contributed by atoms with Crippen LogP contribution in [0.15, 0.2) is 58.8 Å². The third-order valence-corrected chi connectivity index (χ3v) is 4.13. The molecule has 1 N–H and O–H groups in total. The summed E-state index contributed by atoms with van der Waals surface area (Å²) in [5, 5.41) is 0.560. The van der Waals surface area contributed by atoms with Crippen molar-refractivity contribution in [2.75, 3.05) is 0 Å². The van der Waals surface area contributed by atoms with E-state index < -0.39 is 0 Å². The van der Waals surface area contributed by atoms with E-state index in [1.54, 1.807) is 18.2 Å². The molecule has 0 bridgehead atoms. The van der Waals surface area contributed by atoms with Gasteiger partial charge in [0.1, 0.15) is 5.82 Å². The first-order chi connectivity index (χ1) is 10.6. The number of aromatic amines is 1. The van der Waals surface area contributed by atoms with Crippen LogP contribution in [0.4, 0.5) is 0 Å². The van der Waals surface area contributed by atoms with Gasteiger partial charge in [0.25, 0.3) is 5.56 Å². The molecule has 2 aromatic carbocycles. The van der Waals surface area contributed by atoms with Crippen molar-refractivity contribution in [2.45, 2.75) is 0 Å². The normalized spacial score (nSPS) is 10.6. The number of H-pyrrole nitrogens is 1. The fourth-order valence-corrected chi connectivity index (χ4v) is 2.80. The topological polar surface area (TPSA) is 45.8 Å². The van der Waals surface area contributed by atoms with Gasteiger partial charge in [-0.25, -0.2) is 4.98 Å². The number of halogens is 1. The molecule has 3 aromatic rings. The summed E-state index contributed by atoms with van der Waals surface area (Å²) in [6.07, 6.45) is 3.53. The largest absolute Gasteiger partial charge is 0.306 e. The Morgan fingerprint density at radius 3 is 2.59 bits per heavy atom. The highest BCUT2D eigenvalue weighted by Crippen LogP contribution is 2.24. The molecule has 0 radical (unpaired) electrons. The summed E-state index contributed by atoms with van der Waals surface area (Å²) < 4.78 is 0.795. The Labute approximate surface area is 136 Å². The lowest BCUT2D eigenvalue weighted by Crippen LogP contribution is -2.09. The summed E-state index contributed by atoms with van der Waals surface area (Å²) >= 11 is 3.44. The number of fused-ring (bicyclic) bond motifs is 1. The van der Waals surface area contributed by atoms with E-state index in [9.17, 15) is 4.79 Å². The molecule has 1 heterocycles. The molecular weight excluding hydrogens is 340 g/mol. The third kappa shape index (κ3) is 2.42. The Morgan fingerprint density at radius 1 is 1.09 bits per heavy atom. The quantitative estimate of drug-likeness (QED) is 0.746. The average Bonchev–Trinajstić information content (AvgIpc) is 2.55. The zero-order valence-electron chi connectivity index (χ0n) is 11.8. The highest BCUT2D eigenvalue weighted by molar-refractivity contribution is 9.10. The molecule has 0 aliphatic rings. The van der Waals surface area contributed by atoms with Gasteiger partial charge in [-0.2, -0.15) is 0 Å². The zero-order chi connectivity index (χ0) is 15.7. The number of aromatic nitrogens is 2. The molecule has 0 unspecified atom stereocenters. The smallest absolute Gasteiger partial charge is 0.259 e. The van der Waals surface area contributed by atoms with Crippen LogP contribution in [0.5, 0.6) is 0 Å². The van der Waals surface area contributed by atoms with Gasteiger partial charge in [0.2, 0.25) is 0 Å². The lowest BCUT2D eigenvalue weighted by molar-refractivity contribution is 1.18. The van der Waals surface area contributed by atoms with Gasteiger partial charge in [-0.05, 0) is 45.3 Å². The van der Waals surface area contributed by atoms with E-state index in [0.29, 0.717) is 16.7 Å². The van der Waals surface area contributed by atoms with E-state index in [0.717, 1.165) is 21.2 Å². The molecule has 0 spiro atoms. The van der Waals surface area contributed by atoms with Crippen molar-refractivity contribution >= 4 is 39.0 Å². The van der Waals surface area contributed by atoms with Crippen LogP contribution >= 0.6 is 15.9 Å². The second kappa shape index (κ2) is 5.73. The number of hydrogen-bond donors (Lipinski definition) is 1. The molecule has 1 aromatic heterocycles. The van der Waals surface area contributed by atoms with Crippen LogP contribution in [-0.4, -0.2) is 9.97 Å². The second-order valence-electron chi connectivity index (χ2n) is 4.80. The van der Waals surface area contributed by atoms with E-state index >= 15 is 0 Å². The summed E-state index contributed by atoms with van der Waals surface area (Å²) in [7, 11) is 0. The van der Waals surface area contributed by atoms with Crippen molar-refractivity contribution in [3.8, 4) is 11.4 Å². The first-order valence-corrected chi connectivity index (χ1v) is 7.51. The lowest BCUT2D eigenvalue weighted by Gasteiger charge is -2.07. The molecule has 108 valence electrons. The number of rotatable bonds is 3. The number of benzene rings is 2. The summed E-state index contributed by atoms with van der Waals surface area (Å²) in [4.78, 5) is 19.7. The maximum absolute atomic E-state index is 12.2. The van der Waals surface area contributed by atoms with E-state index in [2.05, 4.69) is 39.1 Å². The molecule has 3 rings (SSSR count). The standard InChI is InChI=1S/C18H13BrN2O/c1-3-11-8-9-13(10-12(11)4-2)17-20-16-14(18(22)21-17)6-5-7-15(16)19/h3-10H,1-2H2,(H,20,21,22). The van der Waals surface area contributed by atoms with Gasteiger partial charge in [-0.1, -0.05) is 43.5 Å². The molecule has 4 heteroatoms. The van der Waals surface area contributed by atoms with E-state index in [4.69, 9.17) is 0 Å². The zero-order valence-corrected chi connectivity index (χ0v) is 13.4. The van der Waals surface area contributed by atoms with Crippen molar-refractivity contribution in [2.24, 2.45) is 0 Å². The summed E-state index contributed by atoms with van der Waals surface area (Å²) in [6.45, 7) is 7.59. The van der Waals surface area contributed by atoms with E-state index in [1.165, 1.54) is 0 Å². The highest BCUT2D eigenvalue weighted by atomic mass is 79.9. The average molecular weight is 353 g/mol. The molecule has 0 saturated heterocycles. The van der Waals surface area contributed by atoms with Crippen molar-refractivity contribution in [1.82, 2.24) is 9.97 Å². The number of nitrogens with zero attached hydrogens (tertiary/aromatic N) is 1. The number of para-hydroxylation sites is 1. The minimum absolute atomic E-state index is 0.158. The van der Waals surface area contributed by atoms with Crippen LogP contribution in [0, 0.1) is 0 Å². The number of hydrogen-bond acceptors (Lipinski definition) is 2. The fourth-order valence-electron chi connectivity index (χ4n) is 2.35. The van der Waals surface area contributed by atoms with Gasteiger partial charge in [0, 0.05) is 10.0 Å². The van der Waals surface area contributed by atoms with E-state index in [-0.39, 0.29) is 5.56 Å². The Balaban J connectivity index is 2.27. The highest BCUT2D eigenvalue weighted by Gasteiger charge is 2.09. The predicted octanol–water partition coefficient (Wildman–Crippen LogP) is 4.64. The Hall–Kier alpha value is -2.46. The van der Waals surface area contributed by atoms with Crippen molar-refractivity contribution < 1.29 is 0 Å². The van der Waals surface area contributed by atoms with Crippen molar-refractivity contribution in [3.63, 3.8) is 0 Å². The van der Waals surface area contributed by atoms with Crippen LogP contribution in [0.3, 0.4) is 0 Å². The summed E-state index contributed by atoms with van der Waals surface area (Å²) in [6, 6.07) is 11.2. The van der Waals surface area contributed by atoms with Crippen LogP contribution in [0.1, 0.15) is 11.1 Å². The molecule has 0 aliphatic heterocycles. The molecule has 0 atom stereocenters. The van der Waals surface area contributed by atoms with Crippen LogP contribution < -0.4 is 5.56 Å². The van der Waals surface area contributed by atoms with E-state index in [1.807, 2.05) is 30.3 Å². The molecule has 0 saturated carbocycles. The molecule has 0 fully saturated rings. The van der Waals surface area contributed by atoms with Gasteiger partial charge in [-0.3, -0.25) is 4.79 Å². The SMILES string of the molecule is C=Cc1ccc(-c2nc3c(Br)cccc3c(=O)[nH]2)cc1C=C. The maximum Gasteiger partial charge on any atom is 0.259 e. The van der Waals surface area contributed by atoms with Crippen LogP contribution in [0.2, 0.25) is 0 Å². The molecule has 22 heavy (non-hydrogen) atoms. The third-order valence-electron chi connectivity index (χ3n) is 3.49. The lowest BCUT2D eigenvalue weighted by atomic mass is 10.0. The Bertz CT molecular complexity index is 957. The Morgan fingerprint density at radius 2 is 1.86 bits per heavy atom. The van der Waals surface area contributed by atoms with Crippen LogP contribution in [0.25, 0.3) is 34.4 Å². The van der Waals surface area contributed by atoms with Gasteiger partial charge in [0.05, 0.1) is 10.9 Å². The first-order valence-electron chi connectivity index (χ1n) is 6.72. The van der Waals surface area contributed by atoms with Crippen molar-refractivity contribution in [1.29, 1.82) is 0 Å². The van der Waals surface area contributed by atoms with Gasteiger partial charge in [0.15, 0.2) is 0 Å². The summed E-state index contributed by atoms with van der Waals surface area (Å²) in [5.74, 6) is 0.531. The summed E-state index contributed by atoms with van der Waals surface area (Å²) in [5.41, 5.74) is 3.25. The van der Waals surface area contributed by atoms with Crippen molar-refractivity contribution in [3.05, 3.63) is 75.5 Å². The maximum atomic E-state index is 12.2. The molecular formula is C18H13BrN2O. The Kier molecular flexibility index (Phi) is 3.77. The minimum Gasteiger partial charge on any atom is -0.306 e. The van der Waals surface area contributed by atoms with Gasteiger partial charge in [-0.15, -0.1) is 0 Å². The first kappa shape index (κ1) is 14.5. The predicted molar refractivity (Wildman–Crippen MR) is 95.7 cm³/mol. The van der Waals surface area contributed by atoms with Gasteiger partial charge >= 0.3 is 0 Å². The monoisotopic (exact) mass is 352 g/mol. The number of nitrogens with one attached hydrogen (secondary N) is 1. The minimum atomic E-state index is -0.158. The fraction of sp³-hybridized carbons (Fsp3) is 0. The molecule has 0 aliphatic carbocycles.